The van der Waals surface area contributed by atoms with E-state index < -0.39 is 0 Å². The second kappa shape index (κ2) is 6.73. The minimum Gasteiger partial charge on any atom is -0.313 e. The van der Waals surface area contributed by atoms with Crippen molar-refractivity contribution in [1.82, 2.24) is 20.1 Å². The number of nitrogens with zero attached hydrogens (tertiary/aromatic N) is 3. The number of hydrogen-bond acceptors (Lipinski definition) is 4. The van der Waals surface area contributed by atoms with Crippen LogP contribution in [0.5, 0.6) is 0 Å². The lowest BCUT2D eigenvalue weighted by molar-refractivity contribution is 0.674. The molecule has 2 aromatic rings. The zero-order valence-corrected chi connectivity index (χ0v) is 12.5. The van der Waals surface area contributed by atoms with Gasteiger partial charge in [-0.25, -0.2) is 9.67 Å². The fraction of sp³-hybridized carbons (Fsp3) is 0.429. The van der Waals surface area contributed by atoms with Gasteiger partial charge in [-0.2, -0.15) is 5.10 Å². The van der Waals surface area contributed by atoms with Crippen molar-refractivity contribution in [2.24, 2.45) is 7.05 Å². The number of benzene rings is 1. The van der Waals surface area contributed by atoms with Gasteiger partial charge in [0.25, 0.3) is 0 Å². The van der Waals surface area contributed by atoms with Gasteiger partial charge in [0.05, 0.1) is 0 Å². The average molecular weight is 276 g/mol. The standard InChI is InChI=1S/C14H20N4S/c1-4-7-15-9-12-5-6-13(11(2)8-12)19-14-16-10-17-18(14)3/h5-6,8,10,15H,4,7,9H2,1-3H3. The number of aryl methyl sites for hydroxylation is 2. The Bertz CT molecular complexity index is 536. The molecular weight excluding hydrogens is 256 g/mol. The molecule has 0 unspecified atom stereocenters. The molecule has 0 radical (unpaired) electrons. The van der Waals surface area contributed by atoms with Crippen LogP contribution in [0.1, 0.15) is 24.5 Å². The number of hydrogen-bond donors (Lipinski definition) is 1. The monoisotopic (exact) mass is 276 g/mol. The van der Waals surface area contributed by atoms with Crippen LogP contribution in [0.3, 0.4) is 0 Å². The van der Waals surface area contributed by atoms with E-state index >= 15 is 0 Å². The molecule has 0 aliphatic carbocycles. The molecule has 19 heavy (non-hydrogen) atoms. The van der Waals surface area contributed by atoms with Crippen LogP contribution in [-0.4, -0.2) is 21.3 Å². The van der Waals surface area contributed by atoms with E-state index in [0.717, 1.165) is 18.2 Å². The summed E-state index contributed by atoms with van der Waals surface area (Å²) in [6.45, 7) is 6.32. The van der Waals surface area contributed by atoms with E-state index in [-0.39, 0.29) is 0 Å². The van der Waals surface area contributed by atoms with Gasteiger partial charge in [-0.05, 0) is 48.8 Å². The minimum atomic E-state index is 0.917. The van der Waals surface area contributed by atoms with Crippen molar-refractivity contribution in [3.8, 4) is 0 Å². The Morgan fingerprint density at radius 3 is 2.84 bits per heavy atom. The highest BCUT2D eigenvalue weighted by molar-refractivity contribution is 7.99. The van der Waals surface area contributed by atoms with Gasteiger partial charge < -0.3 is 5.32 Å². The van der Waals surface area contributed by atoms with E-state index in [2.05, 4.69) is 47.4 Å². The third kappa shape index (κ3) is 3.81. The summed E-state index contributed by atoms with van der Waals surface area (Å²) in [4.78, 5) is 5.47. The zero-order valence-electron chi connectivity index (χ0n) is 11.7. The van der Waals surface area contributed by atoms with Crippen molar-refractivity contribution in [1.29, 1.82) is 0 Å². The predicted molar refractivity (Wildman–Crippen MR) is 78.3 cm³/mol. The van der Waals surface area contributed by atoms with E-state index in [1.54, 1.807) is 22.8 Å². The van der Waals surface area contributed by atoms with E-state index in [0.29, 0.717) is 0 Å². The molecule has 1 aromatic heterocycles. The molecule has 0 atom stereocenters. The van der Waals surface area contributed by atoms with Gasteiger partial charge in [0.15, 0.2) is 5.16 Å². The molecule has 0 aliphatic rings. The Morgan fingerprint density at radius 2 is 2.21 bits per heavy atom. The lowest BCUT2D eigenvalue weighted by atomic mass is 10.1. The van der Waals surface area contributed by atoms with Gasteiger partial charge in [0.1, 0.15) is 6.33 Å². The van der Waals surface area contributed by atoms with Crippen molar-refractivity contribution >= 4 is 11.8 Å². The highest BCUT2D eigenvalue weighted by Gasteiger charge is 2.06. The Labute approximate surface area is 118 Å². The van der Waals surface area contributed by atoms with Crippen LogP contribution in [0, 0.1) is 6.92 Å². The number of nitrogens with one attached hydrogen (secondary N) is 1. The summed E-state index contributed by atoms with van der Waals surface area (Å²) in [6.07, 6.45) is 2.75. The fourth-order valence-corrected chi connectivity index (χ4v) is 2.65. The third-order valence-electron chi connectivity index (χ3n) is 2.87. The zero-order chi connectivity index (χ0) is 13.7. The van der Waals surface area contributed by atoms with E-state index in [1.807, 2.05) is 7.05 Å². The lowest BCUT2D eigenvalue weighted by Gasteiger charge is -2.08. The van der Waals surface area contributed by atoms with E-state index in [1.165, 1.54) is 22.4 Å². The number of aromatic nitrogens is 3. The average Bonchev–Trinajstić information content (AvgIpc) is 2.79. The summed E-state index contributed by atoms with van der Waals surface area (Å²) in [5.74, 6) is 0. The van der Waals surface area contributed by atoms with Crippen LogP contribution in [-0.2, 0) is 13.6 Å². The van der Waals surface area contributed by atoms with Gasteiger partial charge in [0.2, 0.25) is 0 Å². The molecule has 0 fully saturated rings. The molecule has 1 heterocycles. The molecule has 2 rings (SSSR count). The molecule has 1 N–H and O–H groups in total. The normalized spacial score (nSPS) is 10.9. The van der Waals surface area contributed by atoms with Crippen molar-refractivity contribution in [3.63, 3.8) is 0 Å². The summed E-state index contributed by atoms with van der Waals surface area (Å²) >= 11 is 1.65. The van der Waals surface area contributed by atoms with Gasteiger partial charge in [-0.15, -0.1) is 0 Å². The first-order valence-corrected chi connectivity index (χ1v) is 7.34. The Morgan fingerprint density at radius 1 is 1.37 bits per heavy atom. The summed E-state index contributed by atoms with van der Waals surface area (Å²) in [6, 6.07) is 6.58. The Hall–Kier alpha value is -1.33. The highest BCUT2D eigenvalue weighted by atomic mass is 32.2. The largest absolute Gasteiger partial charge is 0.313 e. The quantitative estimate of drug-likeness (QED) is 0.824. The van der Waals surface area contributed by atoms with Crippen molar-refractivity contribution in [2.75, 3.05) is 6.54 Å². The molecule has 1 aromatic carbocycles. The first-order valence-electron chi connectivity index (χ1n) is 6.52. The predicted octanol–water partition coefficient (Wildman–Crippen LogP) is 2.77. The summed E-state index contributed by atoms with van der Waals surface area (Å²) < 4.78 is 1.79. The molecule has 4 nitrogen and oxygen atoms in total. The maximum absolute atomic E-state index is 4.24. The molecule has 102 valence electrons. The van der Waals surface area contributed by atoms with E-state index in [9.17, 15) is 0 Å². The SMILES string of the molecule is CCCNCc1ccc(Sc2ncnn2C)c(C)c1. The second-order valence-electron chi connectivity index (χ2n) is 4.54. The topological polar surface area (TPSA) is 42.7 Å². The third-order valence-corrected chi connectivity index (χ3v) is 4.10. The van der Waals surface area contributed by atoms with Crippen LogP contribution >= 0.6 is 11.8 Å². The van der Waals surface area contributed by atoms with Crippen molar-refractivity contribution in [3.05, 3.63) is 35.7 Å². The molecule has 0 bridgehead atoms. The second-order valence-corrected chi connectivity index (χ2v) is 5.55. The van der Waals surface area contributed by atoms with Crippen molar-refractivity contribution < 1.29 is 0 Å². The minimum absolute atomic E-state index is 0.917. The van der Waals surface area contributed by atoms with Crippen LogP contribution in [0.15, 0.2) is 34.6 Å². The summed E-state index contributed by atoms with van der Waals surface area (Å²) in [5.41, 5.74) is 2.61. The van der Waals surface area contributed by atoms with Gasteiger partial charge in [-0.1, -0.05) is 19.1 Å². The Kier molecular flexibility index (Phi) is 4.99. The van der Waals surface area contributed by atoms with Crippen LogP contribution < -0.4 is 5.32 Å². The van der Waals surface area contributed by atoms with Crippen LogP contribution in [0.2, 0.25) is 0 Å². The van der Waals surface area contributed by atoms with E-state index in [4.69, 9.17) is 0 Å². The molecule has 0 amide bonds. The van der Waals surface area contributed by atoms with Gasteiger partial charge >= 0.3 is 0 Å². The molecule has 0 aliphatic heterocycles. The maximum atomic E-state index is 4.24. The number of rotatable bonds is 6. The van der Waals surface area contributed by atoms with Crippen molar-refractivity contribution in [2.45, 2.75) is 36.9 Å². The molecule has 0 saturated heterocycles. The maximum Gasteiger partial charge on any atom is 0.190 e. The summed E-state index contributed by atoms with van der Waals surface area (Å²) in [7, 11) is 1.91. The fourth-order valence-electron chi connectivity index (χ4n) is 1.82. The Balaban J connectivity index is 2.05. The molecular formula is C14H20N4S. The van der Waals surface area contributed by atoms with Crippen LogP contribution in [0.25, 0.3) is 0 Å². The lowest BCUT2D eigenvalue weighted by Crippen LogP contribution is -2.13. The van der Waals surface area contributed by atoms with Crippen LogP contribution in [0.4, 0.5) is 0 Å². The highest BCUT2D eigenvalue weighted by Crippen LogP contribution is 2.28. The first kappa shape index (κ1) is 14.1. The summed E-state index contributed by atoms with van der Waals surface area (Å²) in [5, 5.41) is 8.42. The van der Waals surface area contributed by atoms with Gasteiger partial charge in [-0.3, -0.25) is 0 Å². The molecule has 5 heteroatoms. The van der Waals surface area contributed by atoms with Gasteiger partial charge in [0, 0.05) is 18.5 Å². The smallest absolute Gasteiger partial charge is 0.190 e. The first-order chi connectivity index (χ1) is 9.20. The molecule has 0 saturated carbocycles. The molecule has 0 spiro atoms.